The zero-order valence-electron chi connectivity index (χ0n) is 8.71. The first-order chi connectivity index (χ1) is 7.40. The topological polar surface area (TPSA) is 131 Å². The lowest BCUT2D eigenvalue weighted by Gasteiger charge is -2.05. The number of anilines is 2. The predicted molar refractivity (Wildman–Crippen MR) is 58.5 cm³/mol. The summed E-state index contributed by atoms with van der Waals surface area (Å²) in [5, 5.41) is 2.64. The van der Waals surface area contributed by atoms with Crippen molar-refractivity contribution in [3.05, 3.63) is 5.82 Å². The number of nitrogen functional groups attached to an aromatic ring is 1. The van der Waals surface area contributed by atoms with Gasteiger partial charge in [0.2, 0.25) is 11.9 Å². The normalized spacial score (nSPS) is 11.4. The van der Waals surface area contributed by atoms with Gasteiger partial charge in [0.15, 0.2) is 0 Å². The predicted octanol–water partition coefficient (Wildman–Crippen LogP) is -0.684. The SMILES string of the molecule is CCc1nc(N)nc(NCCS(=O)(=O)O)n1. The summed E-state index contributed by atoms with van der Waals surface area (Å²) in [7, 11) is -3.99. The second-order valence-corrected chi connectivity index (χ2v) is 4.57. The molecule has 90 valence electrons. The molecule has 1 heterocycles. The molecule has 16 heavy (non-hydrogen) atoms. The first-order valence-corrected chi connectivity index (χ1v) is 6.21. The van der Waals surface area contributed by atoms with Crippen molar-refractivity contribution >= 4 is 22.0 Å². The summed E-state index contributed by atoms with van der Waals surface area (Å²) in [6, 6.07) is 0. The first kappa shape index (κ1) is 12.6. The molecule has 8 nitrogen and oxygen atoms in total. The van der Waals surface area contributed by atoms with Crippen LogP contribution in [0.15, 0.2) is 0 Å². The molecule has 0 spiro atoms. The number of hydrogen-bond acceptors (Lipinski definition) is 7. The van der Waals surface area contributed by atoms with Crippen molar-refractivity contribution in [3.63, 3.8) is 0 Å². The van der Waals surface area contributed by atoms with Crippen molar-refractivity contribution in [1.29, 1.82) is 0 Å². The molecule has 0 unspecified atom stereocenters. The maximum atomic E-state index is 10.4. The Hall–Kier alpha value is -1.48. The summed E-state index contributed by atoms with van der Waals surface area (Å²) in [6.45, 7) is 1.86. The smallest absolute Gasteiger partial charge is 0.266 e. The van der Waals surface area contributed by atoms with Gasteiger partial charge in [-0.1, -0.05) is 6.92 Å². The highest BCUT2D eigenvalue weighted by atomic mass is 32.2. The molecule has 0 saturated heterocycles. The van der Waals surface area contributed by atoms with E-state index in [0.29, 0.717) is 12.2 Å². The molecule has 9 heteroatoms. The van der Waals surface area contributed by atoms with Crippen LogP contribution in [0.4, 0.5) is 11.9 Å². The number of hydrogen-bond donors (Lipinski definition) is 3. The number of nitrogens with zero attached hydrogens (tertiary/aromatic N) is 3. The molecule has 1 aromatic heterocycles. The fourth-order valence-electron chi connectivity index (χ4n) is 0.967. The maximum Gasteiger partial charge on any atom is 0.266 e. The van der Waals surface area contributed by atoms with Gasteiger partial charge < -0.3 is 11.1 Å². The van der Waals surface area contributed by atoms with Gasteiger partial charge in [-0.15, -0.1) is 0 Å². The van der Waals surface area contributed by atoms with E-state index in [9.17, 15) is 8.42 Å². The molecule has 0 aliphatic rings. The molecule has 0 fully saturated rings. The van der Waals surface area contributed by atoms with Gasteiger partial charge in [-0.25, -0.2) is 0 Å². The van der Waals surface area contributed by atoms with E-state index in [1.54, 1.807) is 0 Å². The number of aryl methyl sites for hydroxylation is 1. The van der Waals surface area contributed by atoms with Crippen molar-refractivity contribution in [2.24, 2.45) is 0 Å². The van der Waals surface area contributed by atoms with Gasteiger partial charge in [0, 0.05) is 13.0 Å². The van der Waals surface area contributed by atoms with Gasteiger partial charge in [0.25, 0.3) is 10.1 Å². The Morgan fingerprint density at radius 3 is 2.62 bits per heavy atom. The lowest BCUT2D eigenvalue weighted by Crippen LogP contribution is -2.17. The summed E-state index contributed by atoms with van der Waals surface area (Å²) in [4.78, 5) is 11.6. The molecular weight excluding hydrogens is 234 g/mol. The second kappa shape index (κ2) is 5.03. The molecule has 1 rings (SSSR count). The fraction of sp³-hybridized carbons (Fsp3) is 0.571. The van der Waals surface area contributed by atoms with Crippen molar-refractivity contribution in [3.8, 4) is 0 Å². The second-order valence-electron chi connectivity index (χ2n) is 3.00. The van der Waals surface area contributed by atoms with Crippen LogP contribution in [0.5, 0.6) is 0 Å². The van der Waals surface area contributed by atoms with Crippen molar-refractivity contribution in [2.45, 2.75) is 13.3 Å². The third-order valence-electron chi connectivity index (χ3n) is 1.66. The minimum absolute atomic E-state index is 0.00540. The summed E-state index contributed by atoms with van der Waals surface area (Å²) in [6.07, 6.45) is 0.597. The zero-order chi connectivity index (χ0) is 12.2. The number of nitrogens with two attached hydrogens (primary N) is 1. The molecule has 0 saturated carbocycles. The minimum Gasteiger partial charge on any atom is -0.368 e. The Bertz CT molecular complexity index is 461. The summed E-state index contributed by atoms with van der Waals surface area (Å²) in [5.41, 5.74) is 5.42. The summed E-state index contributed by atoms with van der Waals surface area (Å²) >= 11 is 0. The van der Waals surface area contributed by atoms with E-state index >= 15 is 0 Å². The van der Waals surface area contributed by atoms with Crippen LogP contribution < -0.4 is 11.1 Å². The highest BCUT2D eigenvalue weighted by Gasteiger charge is 2.06. The Balaban J connectivity index is 2.63. The lowest BCUT2D eigenvalue weighted by molar-refractivity contribution is 0.484. The average Bonchev–Trinajstić information content (AvgIpc) is 2.14. The van der Waals surface area contributed by atoms with E-state index in [1.807, 2.05) is 6.92 Å². The molecule has 0 atom stereocenters. The molecule has 0 aliphatic heterocycles. The van der Waals surface area contributed by atoms with E-state index in [4.69, 9.17) is 10.3 Å². The molecule has 0 amide bonds. The number of aromatic nitrogens is 3. The van der Waals surface area contributed by atoms with Crippen LogP contribution >= 0.6 is 0 Å². The summed E-state index contributed by atoms with van der Waals surface area (Å²) < 4.78 is 29.4. The highest BCUT2D eigenvalue weighted by molar-refractivity contribution is 7.85. The van der Waals surface area contributed by atoms with Gasteiger partial charge in [-0.05, 0) is 0 Å². The van der Waals surface area contributed by atoms with E-state index in [0.717, 1.165) is 0 Å². The monoisotopic (exact) mass is 247 g/mol. The van der Waals surface area contributed by atoms with Gasteiger partial charge in [-0.3, -0.25) is 4.55 Å². The first-order valence-electron chi connectivity index (χ1n) is 4.60. The Morgan fingerprint density at radius 1 is 1.38 bits per heavy atom. The number of rotatable bonds is 5. The van der Waals surface area contributed by atoms with Crippen LogP contribution in [-0.2, 0) is 16.5 Å². The van der Waals surface area contributed by atoms with Crippen LogP contribution in [0, 0.1) is 0 Å². The van der Waals surface area contributed by atoms with Crippen LogP contribution in [0.3, 0.4) is 0 Å². The van der Waals surface area contributed by atoms with Crippen molar-refractivity contribution < 1.29 is 13.0 Å². The van der Waals surface area contributed by atoms with Gasteiger partial charge >= 0.3 is 0 Å². The number of nitrogens with one attached hydrogen (secondary N) is 1. The van der Waals surface area contributed by atoms with Gasteiger partial charge in [0.05, 0.1) is 5.75 Å². The van der Waals surface area contributed by atoms with Crippen LogP contribution in [0.1, 0.15) is 12.7 Å². The van der Waals surface area contributed by atoms with Crippen LogP contribution in [0.2, 0.25) is 0 Å². The van der Waals surface area contributed by atoms with Crippen molar-refractivity contribution in [1.82, 2.24) is 15.0 Å². The third-order valence-corrected chi connectivity index (χ3v) is 2.38. The molecule has 0 radical (unpaired) electrons. The largest absolute Gasteiger partial charge is 0.368 e. The van der Waals surface area contributed by atoms with Gasteiger partial charge in [-0.2, -0.15) is 23.4 Å². The van der Waals surface area contributed by atoms with E-state index in [2.05, 4.69) is 20.3 Å². The quantitative estimate of drug-likeness (QED) is 0.583. The van der Waals surface area contributed by atoms with Gasteiger partial charge in [0.1, 0.15) is 5.82 Å². The third kappa shape index (κ3) is 4.36. The lowest BCUT2D eigenvalue weighted by atomic mass is 10.4. The maximum absolute atomic E-state index is 10.4. The Labute approximate surface area is 93.1 Å². The standard InChI is InChI=1S/C7H13N5O3S/c1-2-5-10-6(8)12-7(11-5)9-3-4-16(13,14)15/h2-4H2,1H3,(H,13,14,15)(H3,8,9,10,11,12). The minimum atomic E-state index is -3.99. The summed E-state index contributed by atoms with van der Waals surface area (Å²) in [5.74, 6) is 0.371. The van der Waals surface area contributed by atoms with E-state index < -0.39 is 15.9 Å². The van der Waals surface area contributed by atoms with Crippen LogP contribution in [-0.4, -0.2) is 40.2 Å². The van der Waals surface area contributed by atoms with E-state index in [-0.39, 0.29) is 18.4 Å². The van der Waals surface area contributed by atoms with Crippen LogP contribution in [0.25, 0.3) is 0 Å². The Morgan fingerprint density at radius 2 is 2.06 bits per heavy atom. The average molecular weight is 247 g/mol. The van der Waals surface area contributed by atoms with E-state index in [1.165, 1.54) is 0 Å². The molecule has 0 bridgehead atoms. The molecule has 0 aliphatic carbocycles. The fourth-order valence-corrected chi connectivity index (χ4v) is 1.33. The zero-order valence-corrected chi connectivity index (χ0v) is 9.53. The Kier molecular flexibility index (Phi) is 3.96. The highest BCUT2D eigenvalue weighted by Crippen LogP contribution is 2.02. The molecule has 1 aromatic rings. The molecular formula is C7H13N5O3S. The molecule has 4 N–H and O–H groups in total. The van der Waals surface area contributed by atoms with Crippen molar-refractivity contribution in [2.75, 3.05) is 23.3 Å². The molecule has 0 aromatic carbocycles.